The number of rotatable bonds is 2. The van der Waals surface area contributed by atoms with Crippen molar-refractivity contribution in [1.82, 2.24) is 20.5 Å². The first kappa shape index (κ1) is 8.86. The molecule has 0 aromatic carbocycles. The Morgan fingerprint density at radius 3 is 2.50 bits per heavy atom. The second-order valence-corrected chi connectivity index (χ2v) is 3.30. The molecule has 0 aliphatic rings. The van der Waals surface area contributed by atoms with E-state index in [4.69, 9.17) is 4.52 Å². The summed E-state index contributed by atoms with van der Waals surface area (Å²) in [5.74, 6) is 1.13. The molecule has 0 atom stereocenters. The molecule has 0 spiro atoms. The maximum Gasteiger partial charge on any atom is 0.282 e. The second kappa shape index (κ2) is 3.21. The van der Waals surface area contributed by atoms with E-state index >= 15 is 0 Å². The van der Waals surface area contributed by atoms with Crippen molar-refractivity contribution < 1.29 is 9.15 Å². The molecule has 2 aromatic heterocycles. The Hall–Kier alpha value is -1.72. The first-order valence-electron chi connectivity index (χ1n) is 4.31. The average molecular weight is 194 g/mol. The van der Waals surface area contributed by atoms with Crippen LogP contribution in [0.2, 0.25) is 0 Å². The van der Waals surface area contributed by atoms with E-state index in [1.807, 2.05) is 13.8 Å². The molecule has 0 saturated heterocycles. The lowest BCUT2D eigenvalue weighted by molar-refractivity contribution is 0.301. The standard InChI is InChI=1S/C8H10N4O2/c1-4(2)6-7(12-14-11-6)8-9-5(3)10-13-8/h4H,1-3H3. The zero-order valence-electron chi connectivity index (χ0n) is 8.18. The summed E-state index contributed by atoms with van der Waals surface area (Å²) in [4.78, 5) is 4.06. The van der Waals surface area contributed by atoms with Gasteiger partial charge in [0.2, 0.25) is 0 Å². The highest BCUT2D eigenvalue weighted by Gasteiger charge is 2.20. The van der Waals surface area contributed by atoms with Crippen LogP contribution in [-0.2, 0) is 0 Å². The van der Waals surface area contributed by atoms with E-state index in [9.17, 15) is 0 Å². The summed E-state index contributed by atoms with van der Waals surface area (Å²) in [5.41, 5.74) is 1.26. The summed E-state index contributed by atoms with van der Waals surface area (Å²) in [5, 5.41) is 11.2. The van der Waals surface area contributed by atoms with Crippen LogP contribution in [0, 0.1) is 6.92 Å². The molecule has 6 nitrogen and oxygen atoms in total. The predicted octanol–water partition coefficient (Wildman–Crippen LogP) is 1.55. The van der Waals surface area contributed by atoms with Crippen LogP contribution in [0.15, 0.2) is 9.15 Å². The molecule has 0 saturated carbocycles. The van der Waals surface area contributed by atoms with E-state index < -0.39 is 0 Å². The monoisotopic (exact) mass is 194 g/mol. The van der Waals surface area contributed by atoms with Gasteiger partial charge in [0.25, 0.3) is 5.89 Å². The van der Waals surface area contributed by atoms with Gasteiger partial charge in [-0.3, -0.25) is 0 Å². The Morgan fingerprint density at radius 1 is 1.14 bits per heavy atom. The first-order chi connectivity index (χ1) is 6.68. The lowest BCUT2D eigenvalue weighted by Crippen LogP contribution is -1.91. The van der Waals surface area contributed by atoms with E-state index in [0.29, 0.717) is 17.4 Å². The van der Waals surface area contributed by atoms with Crippen LogP contribution in [0.4, 0.5) is 0 Å². The van der Waals surface area contributed by atoms with Crippen LogP contribution in [0.1, 0.15) is 31.3 Å². The van der Waals surface area contributed by atoms with Gasteiger partial charge in [-0.1, -0.05) is 24.2 Å². The maximum atomic E-state index is 4.98. The van der Waals surface area contributed by atoms with Gasteiger partial charge in [-0.15, -0.1) is 0 Å². The van der Waals surface area contributed by atoms with Crippen molar-refractivity contribution in [2.45, 2.75) is 26.7 Å². The van der Waals surface area contributed by atoms with Crippen molar-refractivity contribution >= 4 is 0 Å². The van der Waals surface area contributed by atoms with E-state index in [-0.39, 0.29) is 5.92 Å². The smallest absolute Gasteiger partial charge is 0.282 e. The first-order valence-corrected chi connectivity index (χ1v) is 4.31. The third-order valence-electron chi connectivity index (χ3n) is 1.79. The van der Waals surface area contributed by atoms with Crippen molar-refractivity contribution in [3.8, 4) is 11.6 Å². The number of hydrogen-bond acceptors (Lipinski definition) is 6. The number of hydrogen-bond donors (Lipinski definition) is 0. The molecule has 0 aliphatic carbocycles. The zero-order chi connectivity index (χ0) is 10.1. The van der Waals surface area contributed by atoms with Crippen molar-refractivity contribution in [1.29, 1.82) is 0 Å². The van der Waals surface area contributed by atoms with Crippen molar-refractivity contribution in [2.24, 2.45) is 0 Å². The van der Waals surface area contributed by atoms with Crippen LogP contribution >= 0.6 is 0 Å². The quantitative estimate of drug-likeness (QED) is 0.721. The highest BCUT2D eigenvalue weighted by Crippen LogP contribution is 2.23. The Morgan fingerprint density at radius 2 is 1.93 bits per heavy atom. The van der Waals surface area contributed by atoms with Crippen LogP contribution in [0.3, 0.4) is 0 Å². The summed E-state index contributed by atoms with van der Waals surface area (Å²) in [7, 11) is 0. The van der Waals surface area contributed by atoms with Gasteiger partial charge in [0.1, 0.15) is 5.69 Å². The van der Waals surface area contributed by atoms with Gasteiger partial charge in [-0.05, 0) is 12.1 Å². The molecule has 0 unspecified atom stereocenters. The molecule has 0 aliphatic heterocycles. The minimum atomic E-state index is 0.212. The average Bonchev–Trinajstić information content (AvgIpc) is 2.70. The lowest BCUT2D eigenvalue weighted by Gasteiger charge is -1.96. The molecule has 0 amide bonds. The molecule has 2 rings (SSSR count). The Labute approximate surface area is 80.3 Å². The zero-order valence-corrected chi connectivity index (χ0v) is 8.18. The van der Waals surface area contributed by atoms with E-state index in [0.717, 1.165) is 5.69 Å². The molecule has 0 radical (unpaired) electrons. The van der Waals surface area contributed by atoms with Crippen molar-refractivity contribution in [3.63, 3.8) is 0 Å². The third kappa shape index (κ3) is 1.39. The van der Waals surface area contributed by atoms with Gasteiger partial charge in [-0.2, -0.15) is 4.98 Å². The molecule has 14 heavy (non-hydrogen) atoms. The van der Waals surface area contributed by atoms with Gasteiger partial charge in [-0.25, -0.2) is 4.63 Å². The summed E-state index contributed by atoms with van der Waals surface area (Å²) >= 11 is 0. The molecule has 74 valence electrons. The molecule has 6 heteroatoms. The summed E-state index contributed by atoms with van der Waals surface area (Å²) in [6, 6.07) is 0. The number of aryl methyl sites for hydroxylation is 1. The predicted molar refractivity (Wildman–Crippen MR) is 46.4 cm³/mol. The number of nitrogens with zero attached hydrogens (tertiary/aromatic N) is 4. The van der Waals surface area contributed by atoms with Gasteiger partial charge in [0.05, 0.1) is 0 Å². The fourth-order valence-corrected chi connectivity index (χ4v) is 1.12. The normalized spacial score (nSPS) is 11.1. The van der Waals surface area contributed by atoms with Gasteiger partial charge >= 0.3 is 0 Å². The largest absolute Gasteiger partial charge is 0.332 e. The van der Waals surface area contributed by atoms with E-state index in [2.05, 4.69) is 25.1 Å². The summed E-state index contributed by atoms with van der Waals surface area (Å²) < 4.78 is 9.62. The van der Waals surface area contributed by atoms with Crippen molar-refractivity contribution in [3.05, 3.63) is 11.5 Å². The Kier molecular flexibility index (Phi) is 2.03. The Bertz CT molecular complexity index is 432. The van der Waals surface area contributed by atoms with E-state index in [1.165, 1.54) is 0 Å². The van der Waals surface area contributed by atoms with E-state index in [1.54, 1.807) is 6.92 Å². The Balaban J connectivity index is 2.46. The molecule has 2 aromatic rings. The van der Waals surface area contributed by atoms with Crippen molar-refractivity contribution in [2.75, 3.05) is 0 Å². The second-order valence-electron chi connectivity index (χ2n) is 3.30. The van der Waals surface area contributed by atoms with Crippen LogP contribution < -0.4 is 0 Å². The molecule has 0 N–H and O–H groups in total. The third-order valence-corrected chi connectivity index (χ3v) is 1.79. The molecule has 2 heterocycles. The minimum absolute atomic E-state index is 0.212. The fraction of sp³-hybridized carbons (Fsp3) is 0.500. The van der Waals surface area contributed by atoms with Crippen LogP contribution in [-0.4, -0.2) is 20.5 Å². The topological polar surface area (TPSA) is 77.8 Å². The summed E-state index contributed by atoms with van der Waals surface area (Å²) in [6.45, 7) is 5.73. The van der Waals surface area contributed by atoms with Crippen LogP contribution in [0.5, 0.6) is 0 Å². The fourth-order valence-electron chi connectivity index (χ4n) is 1.12. The van der Waals surface area contributed by atoms with Crippen LogP contribution in [0.25, 0.3) is 11.6 Å². The molecular formula is C8H10N4O2. The lowest BCUT2D eigenvalue weighted by atomic mass is 10.1. The molecule has 0 fully saturated rings. The molecule has 0 bridgehead atoms. The highest BCUT2D eigenvalue weighted by atomic mass is 16.6. The van der Waals surface area contributed by atoms with Gasteiger partial charge in [0.15, 0.2) is 11.5 Å². The highest BCUT2D eigenvalue weighted by molar-refractivity contribution is 5.49. The SMILES string of the molecule is Cc1noc(-c2nonc2C(C)C)n1. The maximum absolute atomic E-state index is 4.98. The van der Waals surface area contributed by atoms with Gasteiger partial charge < -0.3 is 4.52 Å². The van der Waals surface area contributed by atoms with Gasteiger partial charge in [0, 0.05) is 5.92 Å². The summed E-state index contributed by atoms with van der Waals surface area (Å²) in [6.07, 6.45) is 0. The minimum Gasteiger partial charge on any atom is -0.332 e. The number of aromatic nitrogens is 4. The molecular weight excluding hydrogens is 184 g/mol.